The van der Waals surface area contributed by atoms with Crippen molar-refractivity contribution in [1.29, 1.82) is 0 Å². The van der Waals surface area contributed by atoms with Crippen LogP contribution in [0.4, 0.5) is 11.5 Å². The normalized spacial score (nSPS) is 11.8. The van der Waals surface area contributed by atoms with Crippen LogP contribution in [0, 0.1) is 0 Å². The fraction of sp³-hybridized carbons (Fsp3) is 0.250. The molecule has 3 N–H and O–H groups in total. The Bertz CT molecular complexity index is 1900. The van der Waals surface area contributed by atoms with Gasteiger partial charge in [0, 0.05) is 60.9 Å². The fourth-order valence-electron chi connectivity index (χ4n) is 4.96. The number of nitrogens with one attached hydrogen (secondary N) is 3. The Kier molecular flexibility index (Phi) is 10.4. The highest BCUT2D eigenvalue weighted by atomic mass is 35.5. The van der Waals surface area contributed by atoms with Gasteiger partial charge >= 0.3 is 0 Å². The first kappa shape index (κ1) is 32.0. The number of anilines is 2. The molecule has 2 aromatic carbocycles. The molecule has 0 radical (unpaired) electrons. The Balaban J connectivity index is 1.42. The third-order valence-electron chi connectivity index (χ3n) is 7.41. The van der Waals surface area contributed by atoms with Gasteiger partial charge in [-0.2, -0.15) is 5.10 Å². The number of carbonyl (C=O) groups is 1. The van der Waals surface area contributed by atoms with Crippen LogP contribution in [-0.2, 0) is 18.4 Å². The minimum absolute atomic E-state index is 0.156. The number of aryl methyl sites for hydroxylation is 1. The van der Waals surface area contributed by atoms with E-state index < -0.39 is 0 Å². The van der Waals surface area contributed by atoms with Gasteiger partial charge in [-0.05, 0) is 25.6 Å². The quantitative estimate of drug-likeness (QED) is 0.147. The smallest absolute Gasteiger partial charge is 0.278 e. The second kappa shape index (κ2) is 14.6. The highest BCUT2D eigenvalue weighted by Crippen LogP contribution is 2.42. The summed E-state index contributed by atoms with van der Waals surface area (Å²) >= 11 is 13.9. The van der Waals surface area contributed by atoms with Crippen LogP contribution in [0.5, 0.6) is 5.88 Å². The molecule has 3 aromatic heterocycles. The van der Waals surface area contributed by atoms with Gasteiger partial charge in [-0.15, -0.1) is 0 Å². The second-order valence-corrected chi connectivity index (χ2v) is 11.0. The number of fused-ring (bicyclic) bond motifs is 1. The SMILES string of the molecule is CNC(CCC=O)CNCc1ncc(-c2cccc(-c3cccc(Nc4nccc5cnn(C)c(=O)c45)c3Cl)c2Cl)nc1OC. The first-order valence-corrected chi connectivity index (χ1v) is 15.0. The summed E-state index contributed by atoms with van der Waals surface area (Å²) in [6.45, 7) is 1.09. The Morgan fingerprint density at radius 3 is 2.53 bits per heavy atom. The zero-order chi connectivity index (χ0) is 31.9. The molecular formula is C32H32Cl2N8O3. The van der Waals surface area contributed by atoms with Gasteiger partial charge in [0.15, 0.2) is 0 Å². The lowest BCUT2D eigenvalue weighted by molar-refractivity contribution is -0.108. The highest BCUT2D eigenvalue weighted by molar-refractivity contribution is 6.39. The van der Waals surface area contributed by atoms with Gasteiger partial charge in [0.1, 0.15) is 17.8 Å². The van der Waals surface area contributed by atoms with Crippen molar-refractivity contribution in [3.8, 4) is 28.3 Å². The number of halogens is 2. The van der Waals surface area contributed by atoms with Crippen molar-refractivity contribution in [2.75, 3.05) is 26.0 Å². The van der Waals surface area contributed by atoms with Crippen molar-refractivity contribution >= 4 is 51.8 Å². The average Bonchev–Trinajstić information content (AvgIpc) is 3.06. The van der Waals surface area contributed by atoms with Crippen molar-refractivity contribution in [3.05, 3.63) is 87.1 Å². The van der Waals surface area contributed by atoms with Crippen molar-refractivity contribution in [2.45, 2.75) is 25.4 Å². The van der Waals surface area contributed by atoms with Gasteiger partial charge in [0.2, 0.25) is 5.88 Å². The molecule has 1 unspecified atom stereocenters. The van der Waals surface area contributed by atoms with E-state index in [-0.39, 0.29) is 11.6 Å². The maximum Gasteiger partial charge on any atom is 0.278 e. The van der Waals surface area contributed by atoms with Crippen molar-refractivity contribution in [2.24, 2.45) is 7.05 Å². The van der Waals surface area contributed by atoms with E-state index in [0.29, 0.717) is 85.8 Å². The number of likely N-dealkylation sites (N-methyl/N-ethyl adjacent to an activating group) is 1. The van der Waals surface area contributed by atoms with E-state index in [4.69, 9.17) is 32.9 Å². The molecule has 5 rings (SSSR count). The molecule has 0 bridgehead atoms. The molecule has 0 aliphatic rings. The van der Waals surface area contributed by atoms with Gasteiger partial charge in [-0.25, -0.2) is 14.6 Å². The summed E-state index contributed by atoms with van der Waals surface area (Å²) in [5.41, 5.74) is 3.49. The molecule has 1 atom stereocenters. The molecule has 13 heteroatoms. The molecule has 0 aliphatic heterocycles. The van der Waals surface area contributed by atoms with E-state index in [1.807, 2.05) is 37.4 Å². The average molecular weight is 648 g/mol. The molecule has 11 nitrogen and oxygen atoms in total. The van der Waals surface area contributed by atoms with Crippen LogP contribution < -0.4 is 26.2 Å². The summed E-state index contributed by atoms with van der Waals surface area (Å²) in [5.74, 6) is 0.748. The monoisotopic (exact) mass is 646 g/mol. The van der Waals surface area contributed by atoms with Gasteiger partial charge in [0.05, 0.1) is 46.3 Å². The molecule has 0 amide bonds. The Morgan fingerprint density at radius 1 is 1.02 bits per heavy atom. The van der Waals surface area contributed by atoms with Crippen LogP contribution in [0.15, 0.2) is 65.8 Å². The molecule has 0 saturated heterocycles. The van der Waals surface area contributed by atoms with Crippen molar-refractivity contribution < 1.29 is 9.53 Å². The molecule has 45 heavy (non-hydrogen) atoms. The largest absolute Gasteiger partial charge is 0.480 e. The third kappa shape index (κ3) is 6.97. The van der Waals surface area contributed by atoms with Crippen LogP contribution in [0.1, 0.15) is 18.5 Å². The van der Waals surface area contributed by atoms with Crippen LogP contribution in [0.25, 0.3) is 33.2 Å². The lowest BCUT2D eigenvalue weighted by atomic mass is 10.0. The summed E-state index contributed by atoms with van der Waals surface area (Å²) in [7, 11) is 5.00. The summed E-state index contributed by atoms with van der Waals surface area (Å²) < 4.78 is 6.83. The van der Waals surface area contributed by atoms with Gasteiger partial charge < -0.3 is 25.5 Å². The Hall–Kier alpha value is -4.42. The number of carbonyl (C=O) groups excluding carboxylic acids is 1. The number of ether oxygens (including phenoxy) is 1. The number of aldehydes is 1. The molecule has 232 valence electrons. The fourth-order valence-corrected chi connectivity index (χ4v) is 5.56. The zero-order valence-electron chi connectivity index (χ0n) is 25.0. The summed E-state index contributed by atoms with van der Waals surface area (Å²) in [4.78, 5) is 37.3. The zero-order valence-corrected chi connectivity index (χ0v) is 26.5. The van der Waals surface area contributed by atoms with E-state index >= 15 is 0 Å². The molecule has 0 fully saturated rings. The van der Waals surface area contributed by atoms with E-state index in [2.05, 4.69) is 31.0 Å². The predicted octanol–water partition coefficient (Wildman–Crippen LogP) is 5.17. The number of methoxy groups -OCH3 is 1. The molecule has 0 aliphatic carbocycles. The third-order valence-corrected chi connectivity index (χ3v) is 8.22. The van der Waals surface area contributed by atoms with E-state index in [9.17, 15) is 9.59 Å². The van der Waals surface area contributed by atoms with Crippen LogP contribution in [-0.4, -0.2) is 57.8 Å². The second-order valence-electron chi connectivity index (χ2n) is 10.2. The van der Waals surface area contributed by atoms with Crippen LogP contribution in [0.2, 0.25) is 10.0 Å². The maximum absolute atomic E-state index is 12.9. The van der Waals surface area contributed by atoms with Crippen molar-refractivity contribution in [3.63, 3.8) is 0 Å². The minimum Gasteiger partial charge on any atom is -0.480 e. The summed E-state index contributed by atoms with van der Waals surface area (Å²) in [5, 5.41) is 15.8. The summed E-state index contributed by atoms with van der Waals surface area (Å²) in [6, 6.07) is 13.0. The van der Waals surface area contributed by atoms with Gasteiger partial charge in [0.25, 0.3) is 5.56 Å². The number of rotatable bonds is 13. The van der Waals surface area contributed by atoms with E-state index in [1.54, 1.807) is 44.9 Å². The number of hydrogen-bond acceptors (Lipinski definition) is 10. The van der Waals surface area contributed by atoms with Crippen LogP contribution in [0.3, 0.4) is 0 Å². The molecule has 3 heterocycles. The first-order valence-electron chi connectivity index (χ1n) is 14.2. The topological polar surface area (TPSA) is 136 Å². The van der Waals surface area contributed by atoms with Crippen LogP contribution >= 0.6 is 23.2 Å². The summed E-state index contributed by atoms with van der Waals surface area (Å²) in [6.07, 6.45) is 7.04. The highest BCUT2D eigenvalue weighted by Gasteiger charge is 2.18. The number of hydrogen-bond donors (Lipinski definition) is 3. The lowest BCUT2D eigenvalue weighted by Crippen LogP contribution is -2.36. The molecule has 0 saturated carbocycles. The molecule has 0 spiro atoms. The van der Waals surface area contributed by atoms with Gasteiger partial charge in [-0.3, -0.25) is 9.78 Å². The molecule has 5 aromatic rings. The Morgan fingerprint density at radius 2 is 1.78 bits per heavy atom. The van der Waals surface area contributed by atoms with E-state index in [1.165, 1.54) is 4.68 Å². The minimum atomic E-state index is -0.277. The number of nitrogens with zero attached hydrogens (tertiary/aromatic N) is 5. The first-order chi connectivity index (χ1) is 21.9. The van der Waals surface area contributed by atoms with E-state index in [0.717, 1.165) is 12.7 Å². The van der Waals surface area contributed by atoms with Gasteiger partial charge in [-0.1, -0.05) is 53.5 Å². The maximum atomic E-state index is 12.9. The standard InChI is InChI=1S/C32H32Cl2N8O3/c1-35-20(7-6-14-43)16-36-17-26-31(45-3)41-25(18-38-26)23-10-4-8-21(28(23)33)22-9-5-11-24(29(22)34)40-30-27-19(12-13-37-30)15-39-42(2)32(27)44/h4-5,8-15,18,20,35-36H,6-7,16-17H2,1-3H3,(H,37,40). The number of benzene rings is 2. The number of aromatic nitrogens is 5. The Labute approximate surface area is 270 Å². The predicted molar refractivity (Wildman–Crippen MR) is 177 cm³/mol. The van der Waals surface area contributed by atoms with Crippen molar-refractivity contribution in [1.82, 2.24) is 35.4 Å². The lowest BCUT2D eigenvalue weighted by Gasteiger charge is -2.17. The molecular weight excluding hydrogens is 615 g/mol. The number of pyridine rings is 1.